The number of nitrogen functional groups attached to an aromatic ring is 1. The number of hydrogen-bond acceptors (Lipinski definition) is 3. The van der Waals surface area contributed by atoms with Gasteiger partial charge in [-0.1, -0.05) is 12.8 Å². The molecule has 102 valence electrons. The largest absolute Gasteiger partial charge is 0.397 e. The zero-order valence-electron chi connectivity index (χ0n) is 11.4. The molecule has 0 bridgehead atoms. The normalized spacial score (nSPS) is 20.8. The highest BCUT2D eigenvalue weighted by atomic mass is 16.1. The molecule has 3 rings (SSSR count). The second-order valence-electron chi connectivity index (χ2n) is 6.04. The standard InChI is InChI=1S/C15H21N3O/c1-15(6-2-3-7-15)18-13-9-12-10(8-11(13)16)4-5-14(19)17-12/h8-9,18H,2-7,16H2,1H3,(H,17,19). The summed E-state index contributed by atoms with van der Waals surface area (Å²) in [5.41, 5.74) is 10.1. The van der Waals surface area contributed by atoms with Crippen molar-refractivity contribution >= 4 is 23.0 Å². The molecule has 0 unspecified atom stereocenters. The van der Waals surface area contributed by atoms with Gasteiger partial charge in [0.15, 0.2) is 0 Å². The maximum atomic E-state index is 11.5. The van der Waals surface area contributed by atoms with Gasteiger partial charge >= 0.3 is 0 Å². The SMILES string of the molecule is CC1(Nc2cc3c(cc2N)CCC(=O)N3)CCCC1. The summed E-state index contributed by atoms with van der Waals surface area (Å²) in [7, 11) is 0. The second-order valence-corrected chi connectivity index (χ2v) is 6.04. The second kappa shape index (κ2) is 4.44. The van der Waals surface area contributed by atoms with Crippen molar-refractivity contribution in [2.45, 2.75) is 51.0 Å². The zero-order chi connectivity index (χ0) is 13.5. The molecule has 2 aliphatic rings. The van der Waals surface area contributed by atoms with E-state index in [1.807, 2.05) is 12.1 Å². The van der Waals surface area contributed by atoms with Crippen LogP contribution in [0.4, 0.5) is 17.1 Å². The minimum Gasteiger partial charge on any atom is -0.397 e. The van der Waals surface area contributed by atoms with Gasteiger partial charge < -0.3 is 16.4 Å². The Labute approximate surface area is 113 Å². The maximum absolute atomic E-state index is 11.5. The topological polar surface area (TPSA) is 67.1 Å². The molecule has 4 heteroatoms. The van der Waals surface area contributed by atoms with Crippen LogP contribution in [-0.2, 0) is 11.2 Å². The van der Waals surface area contributed by atoms with Gasteiger partial charge in [0.2, 0.25) is 5.91 Å². The van der Waals surface area contributed by atoms with Crippen LogP contribution in [0.15, 0.2) is 12.1 Å². The number of hydrogen-bond donors (Lipinski definition) is 3. The first-order chi connectivity index (χ1) is 9.06. The van der Waals surface area contributed by atoms with Crippen LogP contribution < -0.4 is 16.4 Å². The van der Waals surface area contributed by atoms with Crippen LogP contribution in [-0.4, -0.2) is 11.4 Å². The number of carbonyl (C=O) groups excluding carboxylic acids is 1. The predicted octanol–water partition coefficient (Wildman–Crippen LogP) is 2.90. The van der Waals surface area contributed by atoms with Gasteiger partial charge in [-0.2, -0.15) is 0 Å². The lowest BCUT2D eigenvalue weighted by molar-refractivity contribution is -0.116. The highest BCUT2D eigenvalue weighted by molar-refractivity contribution is 5.95. The third-order valence-corrected chi connectivity index (χ3v) is 4.31. The van der Waals surface area contributed by atoms with Crippen molar-refractivity contribution in [2.24, 2.45) is 0 Å². The molecule has 1 heterocycles. The van der Waals surface area contributed by atoms with E-state index in [-0.39, 0.29) is 11.4 Å². The Morgan fingerprint density at radius 2 is 2.00 bits per heavy atom. The Morgan fingerprint density at radius 3 is 2.74 bits per heavy atom. The lowest BCUT2D eigenvalue weighted by atomic mass is 9.97. The lowest BCUT2D eigenvalue weighted by Gasteiger charge is -2.29. The molecule has 0 aromatic heterocycles. The van der Waals surface area contributed by atoms with Crippen molar-refractivity contribution in [2.75, 3.05) is 16.4 Å². The predicted molar refractivity (Wildman–Crippen MR) is 78.3 cm³/mol. The molecule has 0 saturated heterocycles. The van der Waals surface area contributed by atoms with E-state index in [1.165, 1.54) is 25.7 Å². The molecule has 4 nitrogen and oxygen atoms in total. The summed E-state index contributed by atoms with van der Waals surface area (Å²) in [5, 5.41) is 6.50. The molecule has 1 aromatic carbocycles. The summed E-state index contributed by atoms with van der Waals surface area (Å²) in [6, 6.07) is 3.99. The summed E-state index contributed by atoms with van der Waals surface area (Å²) in [6.45, 7) is 2.25. The van der Waals surface area contributed by atoms with Gasteiger partial charge in [-0.3, -0.25) is 4.79 Å². The van der Waals surface area contributed by atoms with Crippen molar-refractivity contribution in [3.05, 3.63) is 17.7 Å². The number of fused-ring (bicyclic) bond motifs is 1. The van der Waals surface area contributed by atoms with Crippen molar-refractivity contribution in [1.82, 2.24) is 0 Å². The Balaban J connectivity index is 1.89. The third kappa shape index (κ3) is 2.39. The average Bonchev–Trinajstić information content (AvgIpc) is 2.78. The fraction of sp³-hybridized carbons (Fsp3) is 0.533. The fourth-order valence-electron chi connectivity index (χ4n) is 3.16. The van der Waals surface area contributed by atoms with Gasteiger partial charge in [0.25, 0.3) is 0 Å². The molecule has 1 saturated carbocycles. The van der Waals surface area contributed by atoms with E-state index in [0.717, 1.165) is 29.0 Å². The average molecular weight is 259 g/mol. The van der Waals surface area contributed by atoms with Crippen molar-refractivity contribution in [1.29, 1.82) is 0 Å². The van der Waals surface area contributed by atoms with Crippen LogP contribution in [0.2, 0.25) is 0 Å². The summed E-state index contributed by atoms with van der Waals surface area (Å²) < 4.78 is 0. The lowest BCUT2D eigenvalue weighted by Crippen LogP contribution is -2.31. The first kappa shape index (κ1) is 12.3. The van der Waals surface area contributed by atoms with E-state index >= 15 is 0 Å². The minimum atomic E-state index is 0.0929. The van der Waals surface area contributed by atoms with E-state index in [1.54, 1.807) is 0 Å². The number of rotatable bonds is 2. The first-order valence-electron chi connectivity index (χ1n) is 7.06. The third-order valence-electron chi connectivity index (χ3n) is 4.31. The van der Waals surface area contributed by atoms with Crippen molar-refractivity contribution < 1.29 is 4.79 Å². The molecule has 1 fully saturated rings. The number of aryl methyl sites for hydroxylation is 1. The number of anilines is 3. The van der Waals surface area contributed by atoms with E-state index in [2.05, 4.69) is 17.6 Å². The Morgan fingerprint density at radius 1 is 1.26 bits per heavy atom. The monoisotopic (exact) mass is 259 g/mol. The number of amides is 1. The molecule has 0 radical (unpaired) electrons. The Bertz CT molecular complexity index is 518. The van der Waals surface area contributed by atoms with Crippen LogP contribution in [0.5, 0.6) is 0 Å². The molecule has 4 N–H and O–H groups in total. The van der Waals surface area contributed by atoms with Crippen LogP contribution in [0, 0.1) is 0 Å². The van der Waals surface area contributed by atoms with Gasteiger partial charge in [-0.15, -0.1) is 0 Å². The summed E-state index contributed by atoms with van der Waals surface area (Å²) >= 11 is 0. The highest BCUT2D eigenvalue weighted by Gasteiger charge is 2.29. The fourth-order valence-corrected chi connectivity index (χ4v) is 3.16. The van der Waals surface area contributed by atoms with Crippen molar-refractivity contribution in [3.63, 3.8) is 0 Å². The van der Waals surface area contributed by atoms with Gasteiger partial charge in [0.1, 0.15) is 0 Å². The smallest absolute Gasteiger partial charge is 0.224 e. The van der Waals surface area contributed by atoms with Gasteiger partial charge in [-0.25, -0.2) is 0 Å². The van der Waals surface area contributed by atoms with Crippen molar-refractivity contribution in [3.8, 4) is 0 Å². The molecular weight excluding hydrogens is 238 g/mol. The van der Waals surface area contributed by atoms with Gasteiger partial charge in [0.05, 0.1) is 11.4 Å². The quantitative estimate of drug-likeness (QED) is 0.715. The molecule has 19 heavy (non-hydrogen) atoms. The van der Waals surface area contributed by atoms with Crippen LogP contribution >= 0.6 is 0 Å². The van der Waals surface area contributed by atoms with Gasteiger partial charge in [0, 0.05) is 17.6 Å². The summed E-state index contributed by atoms with van der Waals surface area (Å²) in [4.78, 5) is 11.5. The minimum absolute atomic E-state index is 0.0929. The van der Waals surface area contributed by atoms with E-state index in [9.17, 15) is 4.79 Å². The van der Waals surface area contributed by atoms with E-state index in [4.69, 9.17) is 5.73 Å². The first-order valence-corrected chi connectivity index (χ1v) is 7.06. The number of benzene rings is 1. The molecule has 1 aliphatic heterocycles. The summed E-state index contributed by atoms with van der Waals surface area (Å²) in [6.07, 6.45) is 6.22. The van der Waals surface area contributed by atoms with E-state index in [0.29, 0.717) is 6.42 Å². The van der Waals surface area contributed by atoms with E-state index < -0.39 is 0 Å². The van der Waals surface area contributed by atoms with Gasteiger partial charge in [-0.05, 0) is 43.9 Å². The molecule has 1 aromatic rings. The number of nitrogens with two attached hydrogens (primary N) is 1. The van der Waals surface area contributed by atoms with Crippen LogP contribution in [0.1, 0.15) is 44.6 Å². The van der Waals surface area contributed by atoms with Crippen LogP contribution in [0.3, 0.4) is 0 Å². The molecule has 1 amide bonds. The van der Waals surface area contributed by atoms with Crippen LogP contribution in [0.25, 0.3) is 0 Å². The maximum Gasteiger partial charge on any atom is 0.224 e. The zero-order valence-corrected chi connectivity index (χ0v) is 11.4. The Kier molecular flexibility index (Phi) is 2.88. The molecule has 1 aliphatic carbocycles. The number of nitrogens with one attached hydrogen (secondary N) is 2. The Hall–Kier alpha value is -1.71. The molecular formula is C15H21N3O. The molecule has 0 atom stereocenters. The number of carbonyl (C=O) groups is 1. The summed E-state index contributed by atoms with van der Waals surface area (Å²) in [5.74, 6) is 0.0929. The molecule has 0 spiro atoms. The highest BCUT2D eigenvalue weighted by Crippen LogP contribution is 2.37.